The molecule has 0 radical (unpaired) electrons. The van der Waals surface area contributed by atoms with Crippen LogP contribution in [0.25, 0.3) is 0 Å². The van der Waals surface area contributed by atoms with Crippen molar-refractivity contribution in [3.63, 3.8) is 0 Å². The molecular weight excluding hydrogens is 604 g/mol. The van der Waals surface area contributed by atoms with E-state index in [1.807, 2.05) is 4.90 Å². The second-order valence-electron chi connectivity index (χ2n) is 18.0. The molecule has 4 N–H and O–H groups in total. The van der Waals surface area contributed by atoms with E-state index in [1.54, 1.807) is 0 Å². The molecule has 1 aliphatic heterocycles. The van der Waals surface area contributed by atoms with E-state index in [2.05, 4.69) is 43.2 Å². The molecule has 0 aromatic rings. The van der Waals surface area contributed by atoms with E-state index in [1.165, 1.54) is 38.5 Å². The van der Waals surface area contributed by atoms with Gasteiger partial charge in [0.1, 0.15) is 6.04 Å². The van der Waals surface area contributed by atoms with Crippen molar-refractivity contribution >= 4 is 17.7 Å². The van der Waals surface area contributed by atoms with E-state index in [-0.39, 0.29) is 59.3 Å². The highest BCUT2D eigenvalue weighted by Gasteiger charge is 2.61. The molecule has 6 fully saturated rings. The smallest absolute Gasteiger partial charge is 0.245 e. The summed E-state index contributed by atoms with van der Waals surface area (Å²) in [4.78, 5) is 43.5. The highest BCUT2D eigenvalue weighted by molar-refractivity contribution is 5.90. The van der Waals surface area contributed by atoms with Gasteiger partial charge in [0, 0.05) is 38.6 Å². The Morgan fingerprint density at radius 2 is 1.54 bits per heavy atom. The van der Waals surface area contributed by atoms with Crippen LogP contribution >= 0.6 is 0 Å². The van der Waals surface area contributed by atoms with Gasteiger partial charge in [-0.3, -0.25) is 19.3 Å². The van der Waals surface area contributed by atoms with Gasteiger partial charge in [0.25, 0.3) is 0 Å². The second-order valence-corrected chi connectivity index (χ2v) is 18.0. The zero-order valence-electron chi connectivity index (χ0n) is 30.4. The first-order valence-corrected chi connectivity index (χ1v) is 19.8. The summed E-state index contributed by atoms with van der Waals surface area (Å²) in [6.45, 7) is 11.6. The van der Waals surface area contributed by atoms with E-state index >= 15 is 0 Å². The number of aliphatic hydroxyl groups excluding tert-OH is 2. The number of piperazine rings is 1. The summed E-state index contributed by atoms with van der Waals surface area (Å²) in [5.74, 6) is 2.76. The average molecular weight is 671 g/mol. The van der Waals surface area contributed by atoms with E-state index < -0.39 is 6.04 Å². The Bertz CT molecular complexity index is 1150. The van der Waals surface area contributed by atoms with Crippen LogP contribution in [0.4, 0.5) is 0 Å². The van der Waals surface area contributed by atoms with Gasteiger partial charge in [0.15, 0.2) is 0 Å². The number of nitrogens with zero attached hydrogens (tertiary/aromatic N) is 2. The fourth-order valence-electron chi connectivity index (χ4n) is 12.0. The van der Waals surface area contributed by atoms with Gasteiger partial charge in [-0.05, 0) is 117 Å². The van der Waals surface area contributed by atoms with Crippen LogP contribution in [-0.2, 0) is 14.4 Å². The third kappa shape index (κ3) is 7.35. The van der Waals surface area contributed by atoms with E-state index in [4.69, 9.17) is 0 Å². The molecule has 0 aromatic heterocycles. The maximum absolute atomic E-state index is 13.8. The first kappa shape index (κ1) is 36.1. The topological polar surface area (TPSA) is 122 Å². The van der Waals surface area contributed by atoms with Gasteiger partial charge in [-0.1, -0.05) is 47.0 Å². The lowest BCUT2D eigenvalue weighted by Gasteiger charge is -2.62. The van der Waals surface area contributed by atoms with Crippen molar-refractivity contribution in [1.29, 1.82) is 0 Å². The molecule has 6 rings (SSSR count). The van der Waals surface area contributed by atoms with Crippen LogP contribution in [0, 0.1) is 46.3 Å². The SMILES string of the molecule is CC(C)C[C@H](NC(=O)CNC(=O)CC1CCCCC1)C(=O)N1CCN([C@H]2C[C@@]3(C)[C@@H](CC[C@@H]4[C@@H]3CC[C@]3(C)[C@@H](O)CC[C@@H]43)C[C@@H]2O)CC1. The van der Waals surface area contributed by atoms with Crippen molar-refractivity contribution < 1.29 is 24.6 Å². The van der Waals surface area contributed by atoms with Gasteiger partial charge in [-0.2, -0.15) is 0 Å². The molecule has 9 heteroatoms. The average Bonchev–Trinajstić information content (AvgIpc) is 3.37. The third-order valence-electron chi connectivity index (χ3n) is 14.7. The second kappa shape index (κ2) is 14.9. The molecule has 0 spiro atoms. The molecule has 6 aliphatic rings. The molecule has 5 saturated carbocycles. The fraction of sp³-hybridized carbons (Fsp3) is 0.923. The van der Waals surface area contributed by atoms with Crippen LogP contribution < -0.4 is 10.6 Å². The molecule has 5 aliphatic carbocycles. The van der Waals surface area contributed by atoms with Crippen molar-refractivity contribution in [3.8, 4) is 0 Å². The molecular formula is C39H66N4O5. The number of amides is 3. The van der Waals surface area contributed by atoms with Gasteiger partial charge in [0.2, 0.25) is 17.7 Å². The van der Waals surface area contributed by atoms with E-state index in [0.717, 1.165) is 58.0 Å². The monoisotopic (exact) mass is 671 g/mol. The largest absolute Gasteiger partial charge is 0.393 e. The Morgan fingerprint density at radius 1 is 0.833 bits per heavy atom. The lowest BCUT2D eigenvalue weighted by molar-refractivity contribution is -0.157. The van der Waals surface area contributed by atoms with E-state index in [9.17, 15) is 24.6 Å². The number of carbonyl (C=O) groups is 3. The van der Waals surface area contributed by atoms with Crippen molar-refractivity contribution in [1.82, 2.24) is 20.4 Å². The van der Waals surface area contributed by atoms with Crippen molar-refractivity contribution in [2.24, 2.45) is 46.3 Å². The minimum atomic E-state index is -0.607. The maximum Gasteiger partial charge on any atom is 0.245 e. The quantitative estimate of drug-likeness (QED) is 0.287. The molecule has 0 aromatic carbocycles. The zero-order chi connectivity index (χ0) is 34.2. The Kier molecular flexibility index (Phi) is 11.2. The summed E-state index contributed by atoms with van der Waals surface area (Å²) in [5.41, 5.74) is 0.281. The lowest BCUT2D eigenvalue weighted by Crippen LogP contribution is -2.63. The zero-order valence-corrected chi connectivity index (χ0v) is 30.4. The van der Waals surface area contributed by atoms with Crippen LogP contribution in [0.5, 0.6) is 0 Å². The lowest BCUT2D eigenvalue weighted by atomic mass is 9.44. The molecule has 0 bridgehead atoms. The minimum Gasteiger partial charge on any atom is -0.393 e. The Hall–Kier alpha value is -1.71. The summed E-state index contributed by atoms with van der Waals surface area (Å²) in [7, 11) is 0. The molecule has 1 saturated heterocycles. The van der Waals surface area contributed by atoms with Crippen LogP contribution in [0.15, 0.2) is 0 Å². The van der Waals surface area contributed by atoms with Crippen molar-refractivity contribution in [2.45, 2.75) is 148 Å². The first-order chi connectivity index (χ1) is 22.9. The third-order valence-corrected chi connectivity index (χ3v) is 14.7. The first-order valence-electron chi connectivity index (χ1n) is 19.8. The number of nitrogens with one attached hydrogen (secondary N) is 2. The standard InChI is InChI=1S/C39H66N4O5/c1-25(2)20-31(41-36(47)24-40-35(46)21-26-8-6-5-7-9-26)37(48)43-18-16-42(17-19-43)32-23-39(4)27(22-33(32)44)10-11-28-29-12-13-34(45)38(29,3)15-14-30(28)39/h25-34,44-45H,5-24H2,1-4H3,(H,40,46)(H,41,47)/t27-,28-,29-,30-,31-,32-,33-,34-,38-,39-/m0/s1. The predicted octanol–water partition coefficient (Wildman–Crippen LogP) is 4.49. The van der Waals surface area contributed by atoms with Gasteiger partial charge in [0.05, 0.1) is 18.8 Å². The maximum atomic E-state index is 13.8. The minimum absolute atomic E-state index is 0.0411. The van der Waals surface area contributed by atoms with Crippen molar-refractivity contribution in [3.05, 3.63) is 0 Å². The number of hydrogen-bond donors (Lipinski definition) is 4. The summed E-state index contributed by atoms with van der Waals surface area (Å²) in [6.07, 6.45) is 15.1. The predicted molar refractivity (Wildman–Crippen MR) is 187 cm³/mol. The van der Waals surface area contributed by atoms with Gasteiger partial charge in [-0.15, -0.1) is 0 Å². The van der Waals surface area contributed by atoms with Crippen LogP contribution in [0.3, 0.4) is 0 Å². The van der Waals surface area contributed by atoms with Crippen molar-refractivity contribution in [2.75, 3.05) is 32.7 Å². The highest BCUT2D eigenvalue weighted by atomic mass is 16.3. The number of aliphatic hydroxyl groups is 2. The van der Waals surface area contributed by atoms with Crippen LogP contribution in [0.1, 0.15) is 124 Å². The molecule has 3 amide bonds. The molecule has 9 nitrogen and oxygen atoms in total. The van der Waals surface area contributed by atoms with E-state index in [0.29, 0.717) is 55.5 Å². The highest BCUT2D eigenvalue weighted by Crippen LogP contribution is 2.66. The molecule has 10 atom stereocenters. The summed E-state index contributed by atoms with van der Waals surface area (Å²) in [6, 6.07) is -0.502. The normalized spacial score (nSPS) is 39.6. The van der Waals surface area contributed by atoms with Crippen LogP contribution in [0.2, 0.25) is 0 Å². The summed E-state index contributed by atoms with van der Waals surface area (Å²) >= 11 is 0. The number of carbonyl (C=O) groups excluding carboxylic acids is 3. The fourth-order valence-corrected chi connectivity index (χ4v) is 12.0. The van der Waals surface area contributed by atoms with Gasteiger partial charge >= 0.3 is 0 Å². The molecule has 0 unspecified atom stereocenters. The number of rotatable bonds is 9. The summed E-state index contributed by atoms with van der Waals surface area (Å²) < 4.78 is 0. The van der Waals surface area contributed by atoms with Crippen LogP contribution in [-0.4, -0.2) is 94.7 Å². The van der Waals surface area contributed by atoms with Gasteiger partial charge < -0.3 is 25.7 Å². The Morgan fingerprint density at radius 3 is 2.25 bits per heavy atom. The molecule has 48 heavy (non-hydrogen) atoms. The molecule has 272 valence electrons. The number of hydrogen-bond acceptors (Lipinski definition) is 6. The summed E-state index contributed by atoms with van der Waals surface area (Å²) in [5, 5.41) is 28.1. The Balaban J connectivity index is 1.02. The number of fused-ring (bicyclic) bond motifs is 5. The van der Waals surface area contributed by atoms with Gasteiger partial charge in [-0.25, -0.2) is 0 Å². The molecule has 1 heterocycles. The Labute approximate surface area is 289 Å².